The summed E-state index contributed by atoms with van der Waals surface area (Å²) in [5.41, 5.74) is 0. The average Bonchev–Trinajstić information content (AvgIpc) is 2.86. The summed E-state index contributed by atoms with van der Waals surface area (Å²) in [5, 5.41) is 6.15. The lowest BCUT2D eigenvalue weighted by Gasteiger charge is -2.25. The fourth-order valence-electron chi connectivity index (χ4n) is 2.65. The molecule has 1 heterocycles. The van der Waals surface area contributed by atoms with Gasteiger partial charge in [0.1, 0.15) is 0 Å². The first kappa shape index (κ1) is 15.3. The van der Waals surface area contributed by atoms with Crippen molar-refractivity contribution in [2.24, 2.45) is 5.92 Å². The summed E-state index contributed by atoms with van der Waals surface area (Å²) >= 11 is 0. The topological polar surface area (TPSA) is 51.0 Å². The van der Waals surface area contributed by atoms with Gasteiger partial charge in [-0.2, -0.15) is 18.2 Å². The van der Waals surface area contributed by atoms with Crippen LogP contribution < -0.4 is 5.32 Å². The fourth-order valence-corrected chi connectivity index (χ4v) is 2.65. The van der Waals surface area contributed by atoms with Crippen LogP contribution >= 0.6 is 0 Å². The Balaban J connectivity index is 1.80. The summed E-state index contributed by atoms with van der Waals surface area (Å²) in [4.78, 5) is 4.20. The van der Waals surface area contributed by atoms with Gasteiger partial charge in [0.2, 0.25) is 5.89 Å². The van der Waals surface area contributed by atoms with Gasteiger partial charge in [-0.1, -0.05) is 18.5 Å². The van der Waals surface area contributed by atoms with E-state index in [0.717, 1.165) is 31.6 Å². The molecule has 0 unspecified atom stereocenters. The Bertz CT molecular complexity index is 411. The standard InChI is InChI=1S/C13H20F3N3O/c1-2-9-3-5-10(6-4-9)12-18-11(20-19-12)7-17-8-13(14,15)16/h9-10,17H,2-8H2,1H3. The maximum Gasteiger partial charge on any atom is 0.401 e. The van der Waals surface area contributed by atoms with Crippen molar-refractivity contribution in [2.45, 2.75) is 57.7 Å². The van der Waals surface area contributed by atoms with Crippen molar-refractivity contribution in [1.82, 2.24) is 15.5 Å². The summed E-state index contributed by atoms with van der Waals surface area (Å²) in [6.45, 7) is 1.10. The lowest BCUT2D eigenvalue weighted by molar-refractivity contribution is -0.125. The molecule has 1 aliphatic carbocycles. The van der Waals surface area contributed by atoms with Crippen molar-refractivity contribution in [3.8, 4) is 0 Å². The van der Waals surface area contributed by atoms with Gasteiger partial charge in [0.25, 0.3) is 0 Å². The van der Waals surface area contributed by atoms with Crippen LogP contribution in [0, 0.1) is 5.92 Å². The highest BCUT2D eigenvalue weighted by atomic mass is 19.4. The number of halogens is 3. The smallest absolute Gasteiger partial charge is 0.338 e. The van der Waals surface area contributed by atoms with Crippen LogP contribution in [0.1, 0.15) is 56.7 Å². The molecule has 1 saturated carbocycles. The monoisotopic (exact) mass is 291 g/mol. The molecule has 0 bridgehead atoms. The van der Waals surface area contributed by atoms with Gasteiger partial charge in [-0.15, -0.1) is 0 Å². The van der Waals surface area contributed by atoms with E-state index in [1.165, 1.54) is 6.42 Å². The van der Waals surface area contributed by atoms with E-state index in [1.807, 2.05) is 0 Å². The molecular formula is C13H20F3N3O. The van der Waals surface area contributed by atoms with Gasteiger partial charge < -0.3 is 9.84 Å². The van der Waals surface area contributed by atoms with Gasteiger partial charge in [-0.25, -0.2) is 0 Å². The van der Waals surface area contributed by atoms with E-state index >= 15 is 0 Å². The fraction of sp³-hybridized carbons (Fsp3) is 0.846. The SMILES string of the molecule is CCC1CCC(c2noc(CNCC(F)(F)F)n2)CC1. The first-order chi connectivity index (χ1) is 9.48. The molecule has 0 radical (unpaired) electrons. The van der Waals surface area contributed by atoms with Gasteiger partial charge in [0.15, 0.2) is 5.82 Å². The normalized spacial score (nSPS) is 24.0. The van der Waals surface area contributed by atoms with E-state index in [-0.39, 0.29) is 18.4 Å². The van der Waals surface area contributed by atoms with E-state index < -0.39 is 12.7 Å². The second-order valence-corrected chi connectivity index (χ2v) is 5.39. The maximum absolute atomic E-state index is 12.0. The van der Waals surface area contributed by atoms with Gasteiger partial charge >= 0.3 is 6.18 Å². The molecule has 0 amide bonds. The van der Waals surface area contributed by atoms with E-state index in [1.54, 1.807) is 0 Å². The molecule has 7 heteroatoms. The predicted octanol–water partition coefficient (Wildman–Crippen LogP) is 3.41. The van der Waals surface area contributed by atoms with Crippen molar-refractivity contribution in [1.29, 1.82) is 0 Å². The van der Waals surface area contributed by atoms with Crippen molar-refractivity contribution >= 4 is 0 Å². The molecule has 0 saturated heterocycles. The van der Waals surface area contributed by atoms with E-state index in [9.17, 15) is 13.2 Å². The molecule has 0 aliphatic heterocycles. The second kappa shape index (κ2) is 6.56. The number of alkyl halides is 3. The van der Waals surface area contributed by atoms with Crippen LogP contribution in [0.3, 0.4) is 0 Å². The minimum absolute atomic E-state index is 0.0448. The van der Waals surface area contributed by atoms with Crippen molar-refractivity contribution < 1.29 is 17.7 Å². The Labute approximate surface area is 116 Å². The molecule has 4 nitrogen and oxygen atoms in total. The average molecular weight is 291 g/mol. The van der Waals surface area contributed by atoms with Crippen molar-refractivity contribution in [2.75, 3.05) is 6.54 Å². The van der Waals surface area contributed by atoms with E-state index in [0.29, 0.717) is 5.82 Å². The third kappa shape index (κ3) is 4.47. The Morgan fingerprint density at radius 3 is 2.55 bits per heavy atom. The third-order valence-corrected chi connectivity index (χ3v) is 3.87. The Hall–Kier alpha value is -1.11. The van der Waals surface area contributed by atoms with Crippen LogP contribution in [0.4, 0.5) is 13.2 Å². The summed E-state index contributed by atoms with van der Waals surface area (Å²) in [6, 6.07) is 0. The molecule has 1 aromatic heterocycles. The molecule has 1 aromatic rings. The molecule has 1 aliphatic rings. The lowest BCUT2D eigenvalue weighted by atomic mass is 9.80. The second-order valence-electron chi connectivity index (χ2n) is 5.39. The van der Waals surface area contributed by atoms with Crippen LogP contribution in [0.25, 0.3) is 0 Å². The number of nitrogens with one attached hydrogen (secondary N) is 1. The van der Waals surface area contributed by atoms with Crippen LogP contribution in [-0.2, 0) is 6.54 Å². The zero-order valence-corrected chi connectivity index (χ0v) is 11.5. The Kier molecular flexibility index (Phi) is 5.01. The largest absolute Gasteiger partial charge is 0.401 e. The molecule has 114 valence electrons. The number of nitrogens with zero attached hydrogens (tertiary/aromatic N) is 2. The summed E-state index contributed by atoms with van der Waals surface area (Å²) in [7, 11) is 0. The predicted molar refractivity (Wildman–Crippen MR) is 67.0 cm³/mol. The zero-order valence-electron chi connectivity index (χ0n) is 11.5. The van der Waals surface area contributed by atoms with Crippen molar-refractivity contribution in [3.63, 3.8) is 0 Å². The zero-order chi connectivity index (χ0) is 14.6. The van der Waals surface area contributed by atoms with E-state index in [4.69, 9.17) is 4.52 Å². The summed E-state index contributed by atoms with van der Waals surface area (Å²) < 4.78 is 41.0. The quantitative estimate of drug-likeness (QED) is 0.903. The highest BCUT2D eigenvalue weighted by Gasteiger charge is 2.27. The molecule has 0 spiro atoms. The van der Waals surface area contributed by atoms with Gasteiger partial charge in [-0.3, -0.25) is 0 Å². The first-order valence-electron chi connectivity index (χ1n) is 7.08. The van der Waals surface area contributed by atoms with Crippen LogP contribution in [0.5, 0.6) is 0 Å². The van der Waals surface area contributed by atoms with Gasteiger partial charge in [0, 0.05) is 5.92 Å². The highest BCUT2D eigenvalue weighted by Crippen LogP contribution is 2.35. The molecular weight excluding hydrogens is 271 g/mol. The number of rotatable bonds is 5. The highest BCUT2D eigenvalue weighted by molar-refractivity contribution is 4.97. The molecule has 2 rings (SSSR count). The number of aromatic nitrogens is 2. The van der Waals surface area contributed by atoms with Crippen LogP contribution in [0.2, 0.25) is 0 Å². The summed E-state index contributed by atoms with van der Waals surface area (Å²) in [5.74, 6) is 1.94. The lowest BCUT2D eigenvalue weighted by Crippen LogP contribution is -2.28. The molecule has 20 heavy (non-hydrogen) atoms. The number of hydrogen-bond donors (Lipinski definition) is 1. The van der Waals surface area contributed by atoms with Crippen molar-refractivity contribution in [3.05, 3.63) is 11.7 Å². The Morgan fingerprint density at radius 1 is 1.25 bits per heavy atom. The maximum atomic E-state index is 12.0. The number of hydrogen-bond acceptors (Lipinski definition) is 4. The molecule has 1 N–H and O–H groups in total. The van der Waals surface area contributed by atoms with Gasteiger partial charge in [-0.05, 0) is 31.6 Å². The minimum atomic E-state index is -4.22. The van der Waals surface area contributed by atoms with E-state index in [2.05, 4.69) is 22.4 Å². The van der Waals surface area contributed by atoms with Crippen LogP contribution in [0.15, 0.2) is 4.52 Å². The Morgan fingerprint density at radius 2 is 1.95 bits per heavy atom. The molecule has 0 atom stereocenters. The molecule has 0 aromatic carbocycles. The summed E-state index contributed by atoms with van der Waals surface area (Å²) in [6.07, 6.45) is 1.38. The first-order valence-corrected chi connectivity index (χ1v) is 7.08. The third-order valence-electron chi connectivity index (χ3n) is 3.87. The minimum Gasteiger partial charge on any atom is -0.338 e. The van der Waals surface area contributed by atoms with Gasteiger partial charge in [0.05, 0.1) is 13.1 Å². The van der Waals surface area contributed by atoms with Crippen LogP contribution in [-0.4, -0.2) is 22.9 Å². The molecule has 1 fully saturated rings.